The Hall–Kier alpha value is -1.14. The van der Waals surface area contributed by atoms with Gasteiger partial charge in [-0.2, -0.15) is 11.8 Å². The molecule has 0 spiro atoms. The first-order valence-electron chi connectivity index (χ1n) is 9.16. The molecule has 1 aromatic heterocycles. The van der Waals surface area contributed by atoms with Crippen molar-refractivity contribution in [2.45, 2.75) is 37.5 Å². The highest BCUT2D eigenvalue weighted by Gasteiger charge is 2.27. The summed E-state index contributed by atoms with van der Waals surface area (Å²) in [6, 6.07) is 4.37. The van der Waals surface area contributed by atoms with E-state index in [1.54, 1.807) is 6.26 Å². The van der Waals surface area contributed by atoms with Crippen LogP contribution in [-0.4, -0.2) is 66.5 Å². The van der Waals surface area contributed by atoms with Gasteiger partial charge in [-0.25, -0.2) is 0 Å². The zero-order chi connectivity index (χ0) is 16.8. The van der Waals surface area contributed by atoms with Gasteiger partial charge in [0, 0.05) is 37.7 Å². The smallest absolute Gasteiger partial charge is 0.193 e. The molecule has 5 nitrogen and oxygen atoms in total. The van der Waals surface area contributed by atoms with Gasteiger partial charge in [-0.1, -0.05) is 6.92 Å². The van der Waals surface area contributed by atoms with Gasteiger partial charge < -0.3 is 14.6 Å². The quantitative estimate of drug-likeness (QED) is 0.653. The maximum absolute atomic E-state index is 5.72. The van der Waals surface area contributed by atoms with Crippen LogP contribution in [0.5, 0.6) is 0 Å². The normalized spacial score (nSPS) is 24.3. The fourth-order valence-electron chi connectivity index (χ4n) is 3.62. The molecule has 0 aromatic carbocycles. The number of hydrogen-bond donors (Lipinski definition) is 1. The summed E-state index contributed by atoms with van der Waals surface area (Å²) in [4.78, 5) is 9.47. The average Bonchev–Trinajstić information content (AvgIpc) is 3.33. The topological polar surface area (TPSA) is 44.0 Å². The van der Waals surface area contributed by atoms with Crippen LogP contribution in [0.1, 0.15) is 38.0 Å². The molecule has 6 heteroatoms. The van der Waals surface area contributed by atoms with E-state index in [-0.39, 0.29) is 0 Å². The number of thioether (sulfide) groups is 1. The van der Waals surface area contributed by atoms with Crippen LogP contribution in [0, 0.1) is 0 Å². The molecule has 0 bridgehead atoms. The predicted octanol–water partition coefficient (Wildman–Crippen LogP) is 2.82. The average molecular weight is 351 g/mol. The van der Waals surface area contributed by atoms with Gasteiger partial charge in [0.05, 0.1) is 12.3 Å². The third kappa shape index (κ3) is 4.28. The van der Waals surface area contributed by atoms with Crippen LogP contribution < -0.4 is 5.32 Å². The Labute approximate surface area is 149 Å². The molecule has 1 N–H and O–H groups in total. The Morgan fingerprint density at radius 1 is 1.42 bits per heavy atom. The van der Waals surface area contributed by atoms with Gasteiger partial charge in [0.25, 0.3) is 0 Å². The van der Waals surface area contributed by atoms with Crippen LogP contribution >= 0.6 is 11.8 Å². The van der Waals surface area contributed by atoms with Crippen LogP contribution in [0.2, 0.25) is 0 Å². The minimum absolute atomic E-state index is 0.292. The Morgan fingerprint density at radius 2 is 2.25 bits per heavy atom. The summed E-state index contributed by atoms with van der Waals surface area (Å²) in [5, 5.41) is 4.33. The van der Waals surface area contributed by atoms with Crippen molar-refractivity contribution in [2.24, 2.45) is 4.99 Å². The third-order valence-electron chi connectivity index (χ3n) is 5.01. The second-order valence-corrected chi connectivity index (χ2v) is 7.96. The fourth-order valence-corrected chi connectivity index (χ4v) is 4.80. The van der Waals surface area contributed by atoms with Gasteiger partial charge >= 0.3 is 0 Å². The Kier molecular flexibility index (Phi) is 6.49. The highest BCUT2D eigenvalue weighted by molar-refractivity contribution is 8.00. The van der Waals surface area contributed by atoms with Gasteiger partial charge in [-0.05, 0) is 44.5 Å². The molecule has 0 saturated carbocycles. The lowest BCUT2D eigenvalue weighted by atomic mass is 10.2. The van der Waals surface area contributed by atoms with Crippen LogP contribution in [0.15, 0.2) is 27.8 Å². The number of likely N-dealkylation sites (tertiary alicyclic amines) is 1. The molecule has 2 atom stereocenters. The molecule has 2 fully saturated rings. The van der Waals surface area contributed by atoms with Crippen LogP contribution in [0.3, 0.4) is 0 Å². The standard InChI is InChI=1S/C18H30N4OS/c1-3-15-14-22(10-12-24-15)18(19-2)20-13-16(17-7-6-11-23-17)21-8-4-5-9-21/h6-7,11,15-16H,3-5,8-10,12-14H2,1-2H3,(H,19,20). The number of nitrogens with zero attached hydrogens (tertiary/aromatic N) is 3. The number of guanidine groups is 1. The molecular formula is C18H30N4OS. The van der Waals surface area contributed by atoms with Gasteiger partial charge in [0.1, 0.15) is 5.76 Å². The summed E-state index contributed by atoms with van der Waals surface area (Å²) in [6.45, 7) is 7.61. The van der Waals surface area contributed by atoms with E-state index in [1.165, 1.54) is 25.0 Å². The predicted molar refractivity (Wildman–Crippen MR) is 102 cm³/mol. The van der Waals surface area contributed by atoms with Crippen molar-refractivity contribution in [1.29, 1.82) is 0 Å². The zero-order valence-electron chi connectivity index (χ0n) is 14.9. The maximum atomic E-state index is 5.72. The zero-order valence-corrected chi connectivity index (χ0v) is 15.7. The van der Waals surface area contributed by atoms with E-state index in [0.717, 1.165) is 49.7 Å². The second-order valence-electron chi connectivity index (χ2n) is 6.55. The summed E-state index contributed by atoms with van der Waals surface area (Å²) in [6.07, 6.45) is 5.57. The lowest BCUT2D eigenvalue weighted by molar-refractivity contribution is 0.214. The van der Waals surface area contributed by atoms with Crippen LogP contribution in [0.4, 0.5) is 0 Å². The molecule has 2 aliphatic heterocycles. The maximum Gasteiger partial charge on any atom is 0.193 e. The molecular weight excluding hydrogens is 320 g/mol. The summed E-state index contributed by atoms with van der Waals surface area (Å²) < 4.78 is 5.72. The third-order valence-corrected chi connectivity index (χ3v) is 6.38. The van der Waals surface area contributed by atoms with Gasteiger partial charge in [-0.3, -0.25) is 9.89 Å². The van der Waals surface area contributed by atoms with E-state index in [2.05, 4.69) is 44.9 Å². The van der Waals surface area contributed by atoms with E-state index >= 15 is 0 Å². The Balaban J connectivity index is 1.62. The molecule has 24 heavy (non-hydrogen) atoms. The second kappa shape index (κ2) is 8.81. The molecule has 2 aliphatic rings. The van der Waals surface area contributed by atoms with Crippen molar-refractivity contribution in [1.82, 2.24) is 15.1 Å². The number of aliphatic imine (C=N–C) groups is 1. The lowest BCUT2D eigenvalue weighted by Crippen LogP contribution is -2.49. The highest BCUT2D eigenvalue weighted by Crippen LogP contribution is 2.25. The van der Waals surface area contributed by atoms with Crippen molar-refractivity contribution >= 4 is 17.7 Å². The van der Waals surface area contributed by atoms with Crippen molar-refractivity contribution in [3.8, 4) is 0 Å². The summed E-state index contributed by atoms with van der Waals surface area (Å²) >= 11 is 2.09. The van der Waals surface area contributed by atoms with Crippen molar-refractivity contribution < 1.29 is 4.42 Å². The molecule has 2 saturated heterocycles. The van der Waals surface area contributed by atoms with Crippen LogP contribution in [0.25, 0.3) is 0 Å². The van der Waals surface area contributed by atoms with Gasteiger partial charge in [0.2, 0.25) is 0 Å². The highest BCUT2D eigenvalue weighted by atomic mass is 32.2. The molecule has 134 valence electrons. The summed E-state index contributed by atoms with van der Waals surface area (Å²) in [5.74, 6) is 3.28. The summed E-state index contributed by atoms with van der Waals surface area (Å²) in [7, 11) is 1.89. The monoisotopic (exact) mass is 350 g/mol. The minimum atomic E-state index is 0.292. The molecule has 0 radical (unpaired) electrons. The number of nitrogens with one attached hydrogen (secondary N) is 1. The van der Waals surface area contributed by atoms with Crippen LogP contribution in [-0.2, 0) is 0 Å². The van der Waals surface area contributed by atoms with Crippen molar-refractivity contribution in [3.63, 3.8) is 0 Å². The van der Waals surface area contributed by atoms with E-state index < -0.39 is 0 Å². The number of rotatable bonds is 5. The largest absolute Gasteiger partial charge is 0.468 e. The first-order valence-corrected chi connectivity index (χ1v) is 10.2. The van der Waals surface area contributed by atoms with Crippen molar-refractivity contribution in [2.75, 3.05) is 45.5 Å². The minimum Gasteiger partial charge on any atom is -0.468 e. The van der Waals surface area contributed by atoms with E-state index in [0.29, 0.717) is 6.04 Å². The van der Waals surface area contributed by atoms with Gasteiger partial charge in [-0.15, -0.1) is 0 Å². The molecule has 3 heterocycles. The SMILES string of the molecule is CCC1CN(C(=NC)NCC(c2ccco2)N2CCCC2)CCS1. The Bertz CT molecular complexity index is 513. The number of furan rings is 1. The lowest BCUT2D eigenvalue weighted by Gasteiger charge is -2.35. The molecule has 2 unspecified atom stereocenters. The number of hydrogen-bond acceptors (Lipinski definition) is 4. The Morgan fingerprint density at radius 3 is 2.92 bits per heavy atom. The molecule has 0 aliphatic carbocycles. The first-order chi connectivity index (χ1) is 11.8. The fraction of sp³-hybridized carbons (Fsp3) is 0.722. The van der Waals surface area contributed by atoms with Crippen molar-refractivity contribution in [3.05, 3.63) is 24.2 Å². The molecule has 3 rings (SSSR count). The molecule has 1 aromatic rings. The van der Waals surface area contributed by atoms with Gasteiger partial charge in [0.15, 0.2) is 5.96 Å². The van der Waals surface area contributed by atoms with E-state index in [4.69, 9.17) is 4.42 Å². The summed E-state index contributed by atoms with van der Waals surface area (Å²) in [5.41, 5.74) is 0. The van der Waals surface area contributed by atoms with E-state index in [1.807, 2.05) is 13.1 Å². The molecule has 0 amide bonds. The first kappa shape index (κ1) is 17.7. The van der Waals surface area contributed by atoms with E-state index in [9.17, 15) is 0 Å².